The Morgan fingerprint density at radius 2 is 1.91 bits per heavy atom. The molecule has 1 aliphatic rings. The highest BCUT2D eigenvalue weighted by atomic mass is 35.5. The molecule has 14 heteroatoms. The zero-order valence-electron chi connectivity index (χ0n) is 17.1. The summed E-state index contributed by atoms with van der Waals surface area (Å²) in [5.41, 5.74) is -1.22. The van der Waals surface area contributed by atoms with E-state index in [0.29, 0.717) is 36.9 Å². The van der Waals surface area contributed by atoms with Gasteiger partial charge in [0.05, 0.1) is 15.6 Å². The normalized spacial score (nSPS) is 18.0. The molecule has 0 unspecified atom stereocenters. The van der Waals surface area contributed by atoms with Crippen LogP contribution in [0.4, 0.5) is 32.0 Å². The van der Waals surface area contributed by atoms with Crippen LogP contribution in [-0.4, -0.2) is 45.7 Å². The molecule has 33 heavy (non-hydrogen) atoms. The Morgan fingerprint density at radius 1 is 1.21 bits per heavy atom. The Hall–Kier alpha value is -1.70. The number of ether oxygens (including phenoxy) is 1. The van der Waals surface area contributed by atoms with Crippen molar-refractivity contribution >= 4 is 38.6 Å². The predicted octanol–water partition coefficient (Wildman–Crippen LogP) is 5.80. The number of hydrogen-bond acceptors (Lipinski definition) is 5. The van der Waals surface area contributed by atoms with Gasteiger partial charge in [-0.3, -0.25) is 4.72 Å². The number of likely N-dealkylation sites (tertiary alicyclic amines) is 1. The number of aryl methyl sites for hydroxylation is 1. The lowest BCUT2D eigenvalue weighted by atomic mass is 10.1. The molecule has 184 valence electrons. The van der Waals surface area contributed by atoms with E-state index < -0.39 is 52.6 Å². The lowest BCUT2D eigenvalue weighted by Crippen LogP contribution is -2.23. The summed E-state index contributed by atoms with van der Waals surface area (Å²) in [6.07, 6.45) is -10.8. The summed E-state index contributed by atoms with van der Waals surface area (Å²) in [5.74, 6) is -0.516. The van der Waals surface area contributed by atoms with Crippen molar-refractivity contribution in [3.05, 3.63) is 39.7 Å². The first-order chi connectivity index (χ1) is 15.1. The molecule has 1 saturated heterocycles. The quantitative estimate of drug-likeness (QED) is 0.455. The molecular formula is C19H19ClF6N2O3S2. The molecule has 0 aliphatic carbocycles. The van der Waals surface area contributed by atoms with Gasteiger partial charge < -0.3 is 9.64 Å². The van der Waals surface area contributed by atoms with Gasteiger partial charge in [-0.15, -0.1) is 11.3 Å². The number of thiophene rings is 1. The van der Waals surface area contributed by atoms with E-state index in [2.05, 4.69) is 4.72 Å². The maximum atomic E-state index is 13.4. The highest BCUT2D eigenvalue weighted by Gasteiger charge is 2.36. The van der Waals surface area contributed by atoms with Crippen molar-refractivity contribution in [2.75, 3.05) is 24.9 Å². The molecule has 1 aromatic carbocycles. The van der Waals surface area contributed by atoms with Gasteiger partial charge in [-0.1, -0.05) is 11.6 Å². The van der Waals surface area contributed by atoms with E-state index >= 15 is 0 Å². The van der Waals surface area contributed by atoms with Crippen LogP contribution in [0.5, 0.6) is 5.75 Å². The third kappa shape index (κ3) is 6.90. The summed E-state index contributed by atoms with van der Waals surface area (Å²) in [6, 6.07) is 3.62. The number of alkyl halides is 6. The lowest BCUT2D eigenvalue weighted by molar-refractivity contribution is -0.139. The molecule has 1 atom stereocenters. The number of sulfonamides is 1. The number of anilines is 1. The minimum atomic E-state index is -4.72. The second kappa shape index (κ2) is 9.51. The van der Waals surface area contributed by atoms with Gasteiger partial charge >= 0.3 is 12.4 Å². The highest BCUT2D eigenvalue weighted by molar-refractivity contribution is 7.94. The fraction of sp³-hybridized carbons (Fsp3) is 0.474. The molecule has 2 aromatic rings. The topological polar surface area (TPSA) is 58.6 Å². The van der Waals surface area contributed by atoms with Crippen LogP contribution in [0.1, 0.15) is 24.0 Å². The van der Waals surface area contributed by atoms with Crippen LogP contribution in [0.25, 0.3) is 0 Å². The number of nitrogens with one attached hydrogen (secondary N) is 1. The van der Waals surface area contributed by atoms with Gasteiger partial charge in [0.1, 0.15) is 16.1 Å². The van der Waals surface area contributed by atoms with Crippen LogP contribution >= 0.6 is 22.9 Å². The van der Waals surface area contributed by atoms with Crippen LogP contribution < -0.4 is 9.46 Å². The fourth-order valence-corrected chi connectivity index (χ4v) is 6.11. The number of likely N-dealkylation sites (N-methyl/N-ethyl adjacent to an activating group) is 1. The summed E-state index contributed by atoms with van der Waals surface area (Å²) in [4.78, 5) is 1.89. The van der Waals surface area contributed by atoms with Gasteiger partial charge in [-0.2, -0.15) is 26.3 Å². The van der Waals surface area contributed by atoms with E-state index in [1.54, 1.807) is 7.05 Å². The van der Waals surface area contributed by atoms with Crippen molar-refractivity contribution < 1.29 is 39.5 Å². The molecule has 0 radical (unpaired) electrons. The van der Waals surface area contributed by atoms with Gasteiger partial charge in [-0.05, 0) is 43.7 Å². The number of benzene rings is 1. The molecule has 2 heterocycles. The standard InChI is InChI=1S/C19H19ClF6N2O3S2/c1-28-7-5-13(10-28)31-15-9-12(2-3-14(15)19(24,25)26)27-33(29,30)16-8-11(17(20)32-16)4-6-18(21,22)23/h2-3,8-9,13,27H,4-7,10H2,1H3/t13-/m1/s1. The minimum Gasteiger partial charge on any atom is -0.488 e. The molecule has 5 nitrogen and oxygen atoms in total. The van der Waals surface area contributed by atoms with Gasteiger partial charge in [0.15, 0.2) is 0 Å². The van der Waals surface area contributed by atoms with Crippen molar-refractivity contribution in [1.82, 2.24) is 4.90 Å². The summed E-state index contributed by atoms with van der Waals surface area (Å²) in [6.45, 7) is 1.07. The van der Waals surface area contributed by atoms with Gasteiger partial charge in [0.2, 0.25) is 0 Å². The highest BCUT2D eigenvalue weighted by Crippen LogP contribution is 2.40. The molecule has 1 aromatic heterocycles. The number of rotatable bonds is 7. The monoisotopic (exact) mass is 536 g/mol. The lowest BCUT2D eigenvalue weighted by Gasteiger charge is -2.19. The maximum Gasteiger partial charge on any atom is 0.419 e. The van der Waals surface area contributed by atoms with E-state index in [4.69, 9.17) is 16.3 Å². The molecule has 1 fully saturated rings. The van der Waals surface area contributed by atoms with E-state index in [0.717, 1.165) is 18.2 Å². The molecule has 1 aliphatic heterocycles. The van der Waals surface area contributed by atoms with Crippen molar-refractivity contribution in [3.63, 3.8) is 0 Å². The molecule has 0 bridgehead atoms. The predicted molar refractivity (Wildman–Crippen MR) is 112 cm³/mol. The van der Waals surface area contributed by atoms with Crippen LogP contribution in [0.15, 0.2) is 28.5 Å². The maximum absolute atomic E-state index is 13.4. The van der Waals surface area contributed by atoms with Crippen LogP contribution in [0.2, 0.25) is 4.34 Å². The second-order valence-corrected chi connectivity index (χ2v) is 11.1. The van der Waals surface area contributed by atoms with Crippen LogP contribution in [0.3, 0.4) is 0 Å². The minimum absolute atomic E-state index is 0.0150. The van der Waals surface area contributed by atoms with Gasteiger partial charge in [0, 0.05) is 25.6 Å². The fourth-order valence-electron chi connectivity index (χ4n) is 3.25. The van der Waals surface area contributed by atoms with E-state index in [9.17, 15) is 34.8 Å². The van der Waals surface area contributed by atoms with Crippen molar-refractivity contribution in [2.45, 2.75) is 41.9 Å². The Bertz CT molecular complexity index is 1100. The average molecular weight is 537 g/mol. The van der Waals surface area contributed by atoms with E-state index in [-0.39, 0.29) is 19.8 Å². The van der Waals surface area contributed by atoms with Crippen LogP contribution in [0, 0.1) is 0 Å². The second-order valence-electron chi connectivity index (χ2n) is 7.58. The molecular weight excluding hydrogens is 518 g/mol. The number of hydrogen-bond donors (Lipinski definition) is 1. The number of halogens is 7. The molecule has 0 saturated carbocycles. The Morgan fingerprint density at radius 3 is 2.48 bits per heavy atom. The summed E-state index contributed by atoms with van der Waals surface area (Å²) >= 11 is 6.46. The zero-order chi connectivity index (χ0) is 24.6. The van der Waals surface area contributed by atoms with E-state index in [1.165, 1.54) is 0 Å². The zero-order valence-corrected chi connectivity index (χ0v) is 19.4. The molecule has 3 rings (SSSR count). The third-order valence-corrected chi connectivity index (χ3v) is 8.15. The Labute approximate surface area is 195 Å². The largest absolute Gasteiger partial charge is 0.488 e. The smallest absolute Gasteiger partial charge is 0.419 e. The van der Waals surface area contributed by atoms with Crippen molar-refractivity contribution in [2.24, 2.45) is 0 Å². The SMILES string of the molecule is CN1CC[C@@H](Oc2cc(NS(=O)(=O)c3cc(CCC(F)(F)F)c(Cl)s3)ccc2C(F)(F)F)C1. The van der Waals surface area contributed by atoms with E-state index in [1.807, 2.05) is 4.90 Å². The Balaban J connectivity index is 1.84. The third-order valence-electron chi connectivity index (χ3n) is 4.86. The average Bonchev–Trinajstić information content (AvgIpc) is 3.24. The first kappa shape index (κ1) is 25.9. The molecule has 0 spiro atoms. The molecule has 1 N–H and O–H groups in total. The summed E-state index contributed by atoms with van der Waals surface area (Å²) in [5, 5.41) is 0. The first-order valence-electron chi connectivity index (χ1n) is 9.58. The van der Waals surface area contributed by atoms with Gasteiger partial charge in [0.25, 0.3) is 10.0 Å². The molecule has 0 amide bonds. The number of nitrogens with zero attached hydrogens (tertiary/aromatic N) is 1. The van der Waals surface area contributed by atoms with Gasteiger partial charge in [-0.25, -0.2) is 8.42 Å². The van der Waals surface area contributed by atoms with Crippen molar-refractivity contribution in [1.29, 1.82) is 0 Å². The summed E-state index contributed by atoms with van der Waals surface area (Å²) in [7, 11) is -2.51. The van der Waals surface area contributed by atoms with Crippen LogP contribution in [-0.2, 0) is 22.6 Å². The Kier molecular flexibility index (Phi) is 7.47. The summed E-state index contributed by atoms with van der Waals surface area (Å²) < 4.78 is 110. The first-order valence-corrected chi connectivity index (χ1v) is 12.3. The van der Waals surface area contributed by atoms with Crippen molar-refractivity contribution in [3.8, 4) is 5.75 Å².